The highest BCUT2D eigenvalue weighted by molar-refractivity contribution is 7.93. The van der Waals surface area contributed by atoms with Crippen LogP contribution in [-0.4, -0.2) is 29.7 Å². The van der Waals surface area contributed by atoms with Gasteiger partial charge in [0.05, 0.1) is 22.5 Å². The van der Waals surface area contributed by atoms with Gasteiger partial charge in [0.25, 0.3) is 5.78 Å². The van der Waals surface area contributed by atoms with Crippen LogP contribution in [0.1, 0.15) is 27.0 Å². The Kier molecular flexibility index (Phi) is 7.56. The second-order valence-corrected chi connectivity index (χ2v) is 12.6. The molecule has 2 heterocycles. The zero-order valence-electron chi connectivity index (χ0n) is 23.1. The number of carbonyl (C=O) groups is 2. The summed E-state index contributed by atoms with van der Waals surface area (Å²) >= 11 is 6.05. The lowest BCUT2D eigenvalue weighted by atomic mass is 10.1. The maximum atomic E-state index is 14.1. The number of Topliss-reactive ketones (excluding diaryl/α,β-unsaturated/α-hetero) is 1. The third-order valence-electron chi connectivity index (χ3n) is 7.25. The lowest BCUT2D eigenvalue weighted by Gasteiger charge is -2.22. The van der Waals surface area contributed by atoms with Crippen molar-refractivity contribution in [3.05, 3.63) is 143 Å². The lowest BCUT2D eigenvalue weighted by molar-refractivity contribution is -0.113. The molecule has 7 nitrogen and oxygen atoms in total. The van der Waals surface area contributed by atoms with Crippen molar-refractivity contribution in [3.63, 3.8) is 0 Å². The molecule has 43 heavy (non-hydrogen) atoms. The van der Waals surface area contributed by atoms with Crippen molar-refractivity contribution in [1.82, 2.24) is 9.55 Å². The predicted octanol–water partition coefficient (Wildman–Crippen LogP) is 6.95. The molecule has 0 saturated carbocycles. The van der Waals surface area contributed by atoms with E-state index in [0.29, 0.717) is 37.7 Å². The number of hydrogen-bond donors (Lipinski definition) is 0. The Morgan fingerprint density at radius 3 is 2.35 bits per heavy atom. The number of nitrogens with zero attached hydrogens (tertiary/aromatic N) is 3. The number of aromatic nitrogens is 2. The standard InChI is InChI=1S/C34H26ClN3O4S/c1-23-8-10-25(11-9-23)22-43(41,42)38(28-16-17-31-26(19-28)5-4-18-36-31)34(40)33(39)30-21-37(32-7-3-2-6-29(30)32)20-24-12-14-27(35)15-13-24/h2-19,21H,20,22H2,1H3. The predicted molar refractivity (Wildman–Crippen MR) is 170 cm³/mol. The van der Waals surface area contributed by atoms with Gasteiger partial charge in [-0.15, -0.1) is 0 Å². The van der Waals surface area contributed by atoms with Gasteiger partial charge in [-0.2, -0.15) is 4.31 Å². The fourth-order valence-corrected chi connectivity index (χ4v) is 6.74. The lowest BCUT2D eigenvalue weighted by Crippen LogP contribution is -2.42. The normalized spacial score (nSPS) is 11.6. The number of anilines is 1. The third-order valence-corrected chi connectivity index (χ3v) is 9.13. The first-order chi connectivity index (χ1) is 20.7. The van der Waals surface area contributed by atoms with Crippen LogP contribution in [0.2, 0.25) is 5.02 Å². The van der Waals surface area contributed by atoms with Crippen LogP contribution in [0.25, 0.3) is 21.8 Å². The number of para-hydroxylation sites is 1. The summed E-state index contributed by atoms with van der Waals surface area (Å²) in [5.74, 6) is -2.55. The van der Waals surface area contributed by atoms with E-state index in [1.165, 1.54) is 6.07 Å². The SMILES string of the molecule is Cc1ccc(CS(=O)(=O)N(C(=O)C(=O)c2cn(Cc3ccc(Cl)cc3)c3ccccc23)c2ccc3ncccc3c2)cc1. The van der Waals surface area contributed by atoms with E-state index in [9.17, 15) is 18.0 Å². The quantitative estimate of drug-likeness (QED) is 0.138. The Morgan fingerprint density at radius 1 is 0.860 bits per heavy atom. The van der Waals surface area contributed by atoms with Gasteiger partial charge in [0, 0.05) is 40.3 Å². The molecule has 0 radical (unpaired) electrons. The van der Waals surface area contributed by atoms with Crippen molar-refractivity contribution < 1.29 is 18.0 Å². The topological polar surface area (TPSA) is 89.3 Å². The second-order valence-electron chi connectivity index (χ2n) is 10.3. The van der Waals surface area contributed by atoms with E-state index in [1.54, 1.807) is 85.2 Å². The molecule has 0 fully saturated rings. The van der Waals surface area contributed by atoms with E-state index in [2.05, 4.69) is 4.98 Å². The molecule has 6 rings (SSSR count). The molecular weight excluding hydrogens is 582 g/mol. The first-order valence-electron chi connectivity index (χ1n) is 13.5. The van der Waals surface area contributed by atoms with E-state index in [-0.39, 0.29) is 11.3 Å². The molecule has 0 spiro atoms. The van der Waals surface area contributed by atoms with Gasteiger partial charge < -0.3 is 4.57 Å². The second kappa shape index (κ2) is 11.5. The highest BCUT2D eigenvalue weighted by atomic mass is 35.5. The fourth-order valence-electron chi connectivity index (χ4n) is 5.11. The molecule has 0 aliphatic heterocycles. The van der Waals surface area contributed by atoms with Gasteiger partial charge >= 0.3 is 5.91 Å². The van der Waals surface area contributed by atoms with Crippen LogP contribution in [0, 0.1) is 6.92 Å². The molecule has 0 unspecified atom stereocenters. The van der Waals surface area contributed by atoms with Gasteiger partial charge in [0.15, 0.2) is 0 Å². The number of hydrogen-bond acceptors (Lipinski definition) is 5. The number of ketones is 1. The Balaban J connectivity index is 1.43. The summed E-state index contributed by atoms with van der Waals surface area (Å²) in [5, 5.41) is 1.79. The van der Waals surface area contributed by atoms with Gasteiger partial charge in [-0.3, -0.25) is 14.6 Å². The Morgan fingerprint density at radius 2 is 1.58 bits per heavy atom. The maximum Gasteiger partial charge on any atom is 0.313 e. The molecule has 9 heteroatoms. The summed E-state index contributed by atoms with van der Waals surface area (Å²) < 4.78 is 30.4. The molecule has 2 aromatic heterocycles. The molecule has 0 bridgehead atoms. The van der Waals surface area contributed by atoms with Crippen molar-refractivity contribution in [2.24, 2.45) is 0 Å². The van der Waals surface area contributed by atoms with Gasteiger partial charge in [0.2, 0.25) is 10.0 Å². The minimum atomic E-state index is -4.34. The van der Waals surface area contributed by atoms with Crippen molar-refractivity contribution in [2.75, 3.05) is 4.31 Å². The van der Waals surface area contributed by atoms with E-state index in [4.69, 9.17) is 11.6 Å². The van der Waals surface area contributed by atoms with Gasteiger partial charge in [-0.25, -0.2) is 8.42 Å². The van der Waals surface area contributed by atoms with Crippen molar-refractivity contribution in [3.8, 4) is 0 Å². The summed E-state index contributed by atoms with van der Waals surface area (Å²) in [4.78, 5) is 32.4. The summed E-state index contributed by atoms with van der Waals surface area (Å²) in [6.07, 6.45) is 3.23. The van der Waals surface area contributed by atoms with Crippen LogP contribution in [-0.2, 0) is 27.1 Å². The van der Waals surface area contributed by atoms with E-state index >= 15 is 0 Å². The van der Waals surface area contributed by atoms with E-state index in [1.807, 2.05) is 35.8 Å². The zero-order valence-corrected chi connectivity index (χ0v) is 24.7. The highest BCUT2D eigenvalue weighted by Gasteiger charge is 2.35. The van der Waals surface area contributed by atoms with Crippen LogP contribution in [0.15, 0.2) is 116 Å². The minimum Gasteiger partial charge on any atom is -0.342 e. The molecule has 0 N–H and O–H groups in total. The fraction of sp³-hybridized carbons (Fsp3) is 0.0882. The van der Waals surface area contributed by atoms with Crippen LogP contribution in [0.3, 0.4) is 0 Å². The van der Waals surface area contributed by atoms with Crippen LogP contribution < -0.4 is 4.31 Å². The van der Waals surface area contributed by atoms with Crippen LogP contribution >= 0.6 is 11.6 Å². The van der Waals surface area contributed by atoms with E-state index < -0.39 is 27.5 Å². The maximum absolute atomic E-state index is 14.1. The molecule has 4 aromatic carbocycles. The van der Waals surface area contributed by atoms with Crippen LogP contribution in [0.5, 0.6) is 0 Å². The van der Waals surface area contributed by atoms with Gasteiger partial charge in [-0.1, -0.05) is 77.8 Å². The minimum absolute atomic E-state index is 0.0656. The summed E-state index contributed by atoms with van der Waals surface area (Å²) in [5.41, 5.74) is 3.97. The van der Waals surface area contributed by atoms with E-state index in [0.717, 1.165) is 16.6 Å². The number of amides is 1. The van der Waals surface area contributed by atoms with Crippen molar-refractivity contribution in [1.29, 1.82) is 0 Å². The zero-order chi connectivity index (χ0) is 30.1. The first kappa shape index (κ1) is 28.3. The average Bonchev–Trinajstić information content (AvgIpc) is 3.37. The van der Waals surface area contributed by atoms with Gasteiger partial charge in [0.1, 0.15) is 0 Å². The number of benzene rings is 4. The largest absolute Gasteiger partial charge is 0.342 e. The molecule has 1 amide bonds. The molecule has 0 aliphatic rings. The number of carbonyl (C=O) groups excluding carboxylic acids is 2. The Bertz CT molecular complexity index is 2100. The highest BCUT2D eigenvalue weighted by Crippen LogP contribution is 2.29. The Hall–Kier alpha value is -4.79. The number of sulfonamides is 1. The van der Waals surface area contributed by atoms with Crippen molar-refractivity contribution in [2.45, 2.75) is 19.2 Å². The average molecular weight is 608 g/mol. The number of pyridine rings is 1. The molecule has 0 atom stereocenters. The van der Waals surface area contributed by atoms with Gasteiger partial charge in [-0.05, 0) is 60.5 Å². The van der Waals surface area contributed by atoms with Crippen LogP contribution in [0.4, 0.5) is 5.69 Å². The summed E-state index contributed by atoms with van der Waals surface area (Å²) in [6, 6.07) is 29.8. The summed E-state index contributed by atoms with van der Waals surface area (Å²) in [7, 11) is -4.34. The number of halogens is 1. The summed E-state index contributed by atoms with van der Waals surface area (Å²) in [6.45, 7) is 2.32. The molecule has 6 aromatic rings. The molecule has 214 valence electrons. The molecule has 0 saturated heterocycles. The Labute approximate surface area is 254 Å². The number of fused-ring (bicyclic) bond motifs is 2. The third kappa shape index (κ3) is 5.80. The first-order valence-corrected chi connectivity index (χ1v) is 15.5. The number of aryl methyl sites for hydroxylation is 1. The number of rotatable bonds is 8. The smallest absolute Gasteiger partial charge is 0.313 e. The molecule has 0 aliphatic carbocycles. The monoisotopic (exact) mass is 607 g/mol. The van der Waals surface area contributed by atoms with Crippen molar-refractivity contribution >= 4 is 60.8 Å². The molecular formula is C34H26ClN3O4S.